The summed E-state index contributed by atoms with van der Waals surface area (Å²) in [5, 5.41) is 1.82. The lowest BCUT2D eigenvalue weighted by molar-refractivity contribution is 0.630. The van der Waals surface area contributed by atoms with E-state index < -0.39 is 0 Å². The molecule has 3 aromatic rings. The Morgan fingerprint density at radius 1 is 1.17 bits per heavy atom. The van der Waals surface area contributed by atoms with E-state index in [1.54, 1.807) is 18.3 Å². The first kappa shape index (κ1) is 28.9. The summed E-state index contributed by atoms with van der Waals surface area (Å²) < 4.78 is 13.9. The molecular formula is C30H37Cl2FN2. The Kier molecular flexibility index (Phi) is 11.8. The molecule has 0 saturated heterocycles. The summed E-state index contributed by atoms with van der Waals surface area (Å²) in [6, 6.07) is 11.9. The zero-order valence-electron chi connectivity index (χ0n) is 21.5. The molecule has 0 spiro atoms. The lowest BCUT2D eigenvalue weighted by Crippen LogP contribution is -2.01. The fourth-order valence-corrected chi connectivity index (χ4v) is 4.14. The summed E-state index contributed by atoms with van der Waals surface area (Å²) in [4.78, 5) is 7.59. The highest BCUT2D eigenvalue weighted by Crippen LogP contribution is 2.35. The lowest BCUT2D eigenvalue weighted by atomic mass is 9.92. The fraction of sp³-hybridized carbons (Fsp3) is 0.367. The van der Waals surface area contributed by atoms with Gasteiger partial charge in [0.15, 0.2) is 0 Å². The topological polar surface area (TPSA) is 28.1 Å². The standard InChI is InChI=1S/C21H23ClFN.C9H14ClN/c1-4-5-6-16-17-11-18(22)19(23)12-20(17)24-21(16)14(3)15-9-7-13(2)8-10-15;1-4-6-8(3)11-7-9(10)5-2/h7-12,14,24H,4-6H2,1-3H3;5,7H,2,4,6H2,1,3H3/b;9-7+,11-8?. The molecule has 2 nitrogen and oxygen atoms in total. The van der Waals surface area contributed by atoms with Crippen molar-refractivity contribution in [2.24, 2.45) is 4.99 Å². The van der Waals surface area contributed by atoms with Crippen LogP contribution in [0, 0.1) is 12.7 Å². The van der Waals surface area contributed by atoms with Crippen molar-refractivity contribution in [2.45, 2.75) is 72.6 Å². The SMILES string of the molecule is C=C/C(Cl)=C\N=C(C)CCC.CCCCc1c(C(C)c2ccc(C)cc2)[nH]c2cc(F)c(Cl)cc12. The van der Waals surface area contributed by atoms with Crippen molar-refractivity contribution in [1.29, 1.82) is 0 Å². The molecule has 2 aromatic carbocycles. The van der Waals surface area contributed by atoms with E-state index in [1.165, 1.54) is 28.5 Å². The summed E-state index contributed by atoms with van der Waals surface area (Å²) in [7, 11) is 0. The minimum absolute atomic E-state index is 0.189. The number of hydrogen-bond donors (Lipinski definition) is 1. The van der Waals surface area contributed by atoms with E-state index in [1.807, 2.05) is 6.92 Å². The fourth-order valence-electron chi connectivity index (χ4n) is 3.93. The number of rotatable bonds is 9. The number of nitrogens with one attached hydrogen (secondary N) is 1. The maximum atomic E-state index is 13.9. The Balaban J connectivity index is 0.000000334. The van der Waals surface area contributed by atoms with E-state index in [4.69, 9.17) is 23.2 Å². The molecule has 1 N–H and O–H groups in total. The molecule has 0 fully saturated rings. The Labute approximate surface area is 220 Å². The van der Waals surface area contributed by atoms with Gasteiger partial charge in [0.2, 0.25) is 0 Å². The predicted molar refractivity (Wildman–Crippen MR) is 153 cm³/mol. The first-order valence-electron chi connectivity index (χ1n) is 12.3. The zero-order valence-corrected chi connectivity index (χ0v) is 23.0. The van der Waals surface area contributed by atoms with Crippen LogP contribution in [0.15, 0.2) is 65.3 Å². The van der Waals surface area contributed by atoms with Crippen LogP contribution in [0.3, 0.4) is 0 Å². The van der Waals surface area contributed by atoms with Gasteiger partial charge in [-0.3, -0.25) is 4.99 Å². The Bertz CT molecular complexity index is 1170. The second kappa shape index (κ2) is 14.3. The van der Waals surface area contributed by atoms with Gasteiger partial charge < -0.3 is 4.98 Å². The van der Waals surface area contributed by atoms with Gasteiger partial charge in [-0.2, -0.15) is 0 Å². The summed E-state index contributed by atoms with van der Waals surface area (Å²) in [5.41, 5.74) is 6.88. The van der Waals surface area contributed by atoms with Crippen LogP contribution in [0.25, 0.3) is 10.9 Å². The molecule has 3 rings (SSSR count). The Morgan fingerprint density at radius 3 is 2.46 bits per heavy atom. The van der Waals surface area contributed by atoms with Gasteiger partial charge in [-0.1, -0.05) is 93.2 Å². The van der Waals surface area contributed by atoms with E-state index in [9.17, 15) is 4.39 Å². The molecule has 1 aromatic heterocycles. The number of aliphatic imine (C=N–C) groups is 1. The van der Waals surface area contributed by atoms with E-state index >= 15 is 0 Å². The third-order valence-electron chi connectivity index (χ3n) is 5.99. The van der Waals surface area contributed by atoms with Crippen molar-refractivity contribution >= 4 is 39.8 Å². The Hall–Kier alpha value is -2.36. The molecule has 1 atom stereocenters. The van der Waals surface area contributed by atoms with Crippen LogP contribution in [-0.2, 0) is 6.42 Å². The third kappa shape index (κ3) is 8.37. The highest BCUT2D eigenvalue weighted by molar-refractivity contribution is 6.31. The largest absolute Gasteiger partial charge is 0.358 e. The van der Waals surface area contributed by atoms with Gasteiger partial charge in [-0.25, -0.2) is 4.39 Å². The average molecular weight is 516 g/mol. The molecule has 35 heavy (non-hydrogen) atoms. The van der Waals surface area contributed by atoms with Gasteiger partial charge in [-0.15, -0.1) is 0 Å². The van der Waals surface area contributed by atoms with Crippen LogP contribution in [-0.4, -0.2) is 10.7 Å². The molecule has 0 saturated carbocycles. The third-order valence-corrected chi connectivity index (χ3v) is 6.53. The van der Waals surface area contributed by atoms with Gasteiger partial charge in [-0.05, 0) is 62.4 Å². The molecule has 0 radical (unpaired) electrons. The molecule has 0 aliphatic carbocycles. The maximum absolute atomic E-state index is 13.9. The highest BCUT2D eigenvalue weighted by atomic mass is 35.5. The molecule has 0 amide bonds. The summed E-state index contributed by atoms with van der Waals surface area (Å²) in [5.74, 6) is -0.145. The molecule has 5 heteroatoms. The van der Waals surface area contributed by atoms with Crippen molar-refractivity contribution in [3.05, 3.63) is 93.5 Å². The molecule has 0 bridgehead atoms. The van der Waals surface area contributed by atoms with Gasteiger partial charge in [0, 0.05) is 34.4 Å². The van der Waals surface area contributed by atoms with Crippen LogP contribution in [0.4, 0.5) is 4.39 Å². The van der Waals surface area contributed by atoms with Crippen molar-refractivity contribution < 1.29 is 4.39 Å². The van der Waals surface area contributed by atoms with Crippen LogP contribution in [0.2, 0.25) is 5.02 Å². The second-order valence-corrected chi connectivity index (χ2v) is 9.74. The number of benzene rings is 2. The van der Waals surface area contributed by atoms with Crippen molar-refractivity contribution in [2.75, 3.05) is 0 Å². The van der Waals surface area contributed by atoms with E-state index in [0.717, 1.165) is 48.7 Å². The van der Waals surface area contributed by atoms with Crippen molar-refractivity contribution in [3.63, 3.8) is 0 Å². The monoisotopic (exact) mass is 514 g/mol. The molecule has 0 aliphatic heterocycles. The number of H-pyrrole nitrogens is 1. The number of halogens is 3. The normalized spacial score (nSPS) is 12.9. The number of unbranched alkanes of at least 4 members (excludes halogenated alkanes) is 1. The molecule has 0 aliphatic rings. The van der Waals surface area contributed by atoms with E-state index in [-0.39, 0.29) is 16.8 Å². The lowest BCUT2D eigenvalue weighted by Gasteiger charge is -2.14. The minimum atomic E-state index is -0.373. The second-order valence-electron chi connectivity index (χ2n) is 8.90. The number of nitrogens with zero attached hydrogens (tertiary/aromatic N) is 1. The quantitative estimate of drug-likeness (QED) is 0.217. The molecule has 188 valence electrons. The van der Waals surface area contributed by atoms with Crippen LogP contribution >= 0.6 is 23.2 Å². The molecule has 1 heterocycles. The highest BCUT2D eigenvalue weighted by Gasteiger charge is 2.19. The van der Waals surface area contributed by atoms with Crippen LogP contribution in [0.5, 0.6) is 0 Å². The molecular weight excluding hydrogens is 478 g/mol. The first-order chi connectivity index (χ1) is 16.7. The van der Waals surface area contributed by atoms with Crippen molar-refractivity contribution in [3.8, 4) is 0 Å². The minimum Gasteiger partial charge on any atom is -0.358 e. The van der Waals surface area contributed by atoms with E-state index in [2.05, 4.69) is 68.5 Å². The average Bonchev–Trinajstić information content (AvgIpc) is 3.19. The van der Waals surface area contributed by atoms with Gasteiger partial charge in [0.1, 0.15) is 5.82 Å². The number of aryl methyl sites for hydroxylation is 2. The number of aromatic amines is 1. The smallest absolute Gasteiger partial charge is 0.143 e. The Morgan fingerprint density at radius 2 is 1.86 bits per heavy atom. The summed E-state index contributed by atoms with van der Waals surface area (Å²) in [6.45, 7) is 14.1. The number of fused-ring (bicyclic) bond motifs is 1. The molecule has 1 unspecified atom stereocenters. The number of allylic oxidation sites excluding steroid dienone is 2. The predicted octanol–water partition coefficient (Wildman–Crippen LogP) is 10.3. The van der Waals surface area contributed by atoms with Crippen LogP contribution in [0.1, 0.15) is 81.7 Å². The van der Waals surface area contributed by atoms with Gasteiger partial charge in [0.25, 0.3) is 0 Å². The van der Waals surface area contributed by atoms with E-state index in [0.29, 0.717) is 5.03 Å². The number of hydrogen-bond acceptors (Lipinski definition) is 1. The first-order valence-corrected chi connectivity index (χ1v) is 13.0. The van der Waals surface area contributed by atoms with Crippen LogP contribution < -0.4 is 0 Å². The maximum Gasteiger partial charge on any atom is 0.143 e. The van der Waals surface area contributed by atoms with Gasteiger partial charge in [0.05, 0.1) is 10.1 Å². The summed E-state index contributed by atoms with van der Waals surface area (Å²) in [6.07, 6.45) is 8.55. The summed E-state index contributed by atoms with van der Waals surface area (Å²) >= 11 is 11.7. The number of aromatic nitrogens is 1. The van der Waals surface area contributed by atoms with Crippen molar-refractivity contribution in [1.82, 2.24) is 4.98 Å². The van der Waals surface area contributed by atoms with Gasteiger partial charge >= 0.3 is 0 Å². The zero-order chi connectivity index (χ0) is 26.0.